The second-order valence-corrected chi connectivity index (χ2v) is 6.81. The quantitative estimate of drug-likeness (QED) is 0.481. The third-order valence-corrected chi connectivity index (χ3v) is 4.39. The predicted molar refractivity (Wildman–Crippen MR) is 97.7 cm³/mol. The van der Waals surface area contributed by atoms with Crippen molar-refractivity contribution in [1.82, 2.24) is 0 Å². The molecule has 0 fully saturated rings. The molecule has 0 atom stereocenters. The van der Waals surface area contributed by atoms with Crippen molar-refractivity contribution >= 4 is 50.8 Å². The Morgan fingerprint density at radius 2 is 1.96 bits per heavy atom. The average molecular weight is 403 g/mol. The second-order valence-electron chi connectivity index (χ2n) is 4.83. The van der Waals surface area contributed by atoms with E-state index in [9.17, 15) is 9.59 Å². The smallest absolute Gasteiger partial charge is 0.343 e. The molecule has 24 heavy (non-hydrogen) atoms. The SMILES string of the molecule is NC1=NC(=O)/C(=C\c2ccc(OC(=O)c3cccc(Br)c3)cc2)S1. The van der Waals surface area contributed by atoms with Crippen LogP contribution in [0.25, 0.3) is 6.08 Å². The lowest BCUT2D eigenvalue weighted by molar-refractivity contribution is -0.113. The van der Waals surface area contributed by atoms with Gasteiger partial charge in [-0.25, -0.2) is 4.79 Å². The van der Waals surface area contributed by atoms with Crippen molar-refractivity contribution in [3.63, 3.8) is 0 Å². The van der Waals surface area contributed by atoms with Gasteiger partial charge in [-0.2, -0.15) is 4.99 Å². The third kappa shape index (κ3) is 3.93. The number of hydrogen-bond donors (Lipinski definition) is 1. The summed E-state index contributed by atoms with van der Waals surface area (Å²) in [7, 11) is 0. The molecule has 0 radical (unpaired) electrons. The summed E-state index contributed by atoms with van der Waals surface area (Å²) in [6.07, 6.45) is 1.69. The number of hydrogen-bond acceptors (Lipinski definition) is 5. The minimum atomic E-state index is -0.440. The van der Waals surface area contributed by atoms with Gasteiger partial charge in [0, 0.05) is 4.47 Å². The zero-order chi connectivity index (χ0) is 17.1. The highest BCUT2D eigenvalue weighted by Gasteiger charge is 2.19. The van der Waals surface area contributed by atoms with E-state index >= 15 is 0 Å². The first-order chi connectivity index (χ1) is 11.5. The number of benzene rings is 2. The number of halogens is 1. The van der Waals surface area contributed by atoms with Crippen LogP contribution in [0.2, 0.25) is 0 Å². The van der Waals surface area contributed by atoms with Crippen molar-refractivity contribution in [2.45, 2.75) is 0 Å². The maximum Gasteiger partial charge on any atom is 0.343 e. The summed E-state index contributed by atoms with van der Waals surface area (Å²) < 4.78 is 6.13. The molecule has 2 aromatic rings. The number of ether oxygens (including phenoxy) is 1. The Labute approximate surface area is 150 Å². The summed E-state index contributed by atoms with van der Waals surface area (Å²) in [5.41, 5.74) is 6.75. The van der Waals surface area contributed by atoms with Crippen molar-refractivity contribution in [3.05, 3.63) is 69.0 Å². The zero-order valence-electron chi connectivity index (χ0n) is 12.2. The van der Waals surface area contributed by atoms with Gasteiger partial charge in [0.05, 0.1) is 10.5 Å². The third-order valence-electron chi connectivity index (χ3n) is 3.09. The highest BCUT2D eigenvalue weighted by atomic mass is 79.9. The van der Waals surface area contributed by atoms with E-state index in [0.29, 0.717) is 16.2 Å². The standard InChI is InChI=1S/C17H11BrN2O3S/c18-12-3-1-2-11(9-12)16(22)23-13-6-4-10(5-7-13)8-14-15(21)20-17(19)24-14/h1-9H,(H2,19,20,21)/b14-8+. The summed E-state index contributed by atoms with van der Waals surface area (Å²) in [5.74, 6) is -0.365. The summed E-state index contributed by atoms with van der Waals surface area (Å²) in [5, 5.41) is 0.242. The Bertz CT molecular complexity index is 876. The van der Waals surface area contributed by atoms with Crippen LogP contribution in [0.5, 0.6) is 5.75 Å². The molecule has 0 saturated carbocycles. The van der Waals surface area contributed by atoms with Crippen LogP contribution in [-0.2, 0) is 4.79 Å². The number of thioether (sulfide) groups is 1. The molecule has 2 N–H and O–H groups in total. The number of amides is 1. The summed E-state index contributed by atoms with van der Waals surface area (Å²) in [6, 6.07) is 13.8. The molecule has 0 spiro atoms. The van der Waals surface area contributed by atoms with E-state index in [0.717, 1.165) is 21.8 Å². The van der Waals surface area contributed by atoms with Gasteiger partial charge < -0.3 is 10.5 Å². The van der Waals surface area contributed by atoms with Gasteiger partial charge in [-0.3, -0.25) is 4.79 Å². The van der Waals surface area contributed by atoms with Crippen molar-refractivity contribution in [1.29, 1.82) is 0 Å². The molecule has 0 aliphatic carbocycles. The summed E-state index contributed by atoms with van der Waals surface area (Å²) >= 11 is 4.45. The largest absolute Gasteiger partial charge is 0.423 e. The maximum absolute atomic E-state index is 12.1. The fourth-order valence-electron chi connectivity index (χ4n) is 1.99. The van der Waals surface area contributed by atoms with Crippen LogP contribution >= 0.6 is 27.7 Å². The van der Waals surface area contributed by atoms with Crippen LogP contribution in [0.1, 0.15) is 15.9 Å². The number of nitrogens with zero attached hydrogens (tertiary/aromatic N) is 1. The lowest BCUT2D eigenvalue weighted by atomic mass is 10.2. The number of amidine groups is 1. The van der Waals surface area contributed by atoms with Gasteiger partial charge in [-0.05, 0) is 53.7 Å². The molecular formula is C17H11BrN2O3S. The number of esters is 1. The van der Waals surface area contributed by atoms with Gasteiger partial charge in [0.25, 0.3) is 5.91 Å². The monoisotopic (exact) mass is 402 g/mol. The molecule has 0 aromatic heterocycles. The number of carbonyl (C=O) groups is 2. The van der Waals surface area contributed by atoms with E-state index in [1.165, 1.54) is 0 Å². The molecule has 1 amide bonds. The molecule has 1 heterocycles. The number of nitrogens with two attached hydrogens (primary N) is 1. The van der Waals surface area contributed by atoms with E-state index in [2.05, 4.69) is 20.9 Å². The highest BCUT2D eigenvalue weighted by Crippen LogP contribution is 2.27. The first-order valence-corrected chi connectivity index (χ1v) is 8.48. The Morgan fingerprint density at radius 1 is 1.21 bits per heavy atom. The first kappa shape index (κ1) is 16.5. The van der Waals surface area contributed by atoms with Crippen LogP contribution in [0.4, 0.5) is 0 Å². The fraction of sp³-hybridized carbons (Fsp3) is 0. The maximum atomic E-state index is 12.1. The lowest BCUT2D eigenvalue weighted by Crippen LogP contribution is -2.08. The molecule has 5 nitrogen and oxygen atoms in total. The van der Waals surface area contributed by atoms with E-state index in [1.54, 1.807) is 48.5 Å². The predicted octanol–water partition coefficient (Wildman–Crippen LogP) is 3.60. The van der Waals surface area contributed by atoms with Crippen LogP contribution in [0.3, 0.4) is 0 Å². The molecule has 1 aliphatic heterocycles. The normalized spacial score (nSPS) is 15.5. The molecule has 7 heteroatoms. The van der Waals surface area contributed by atoms with E-state index < -0.39 is 5.97 Å². The zero-order valence-corrected chi connectivity index (χ0v) is 14.6. The van der Waals surface area contributed by atoms with Crippen molar-refractivity contribution in [3.8, 4) is 5.75 Å². The van der Waals surface area contributed by atoms with E-state index in [4.69, 9.17) is 10.5 Å². The van der Waals surface area contributed by atoms with Crippen LogP contribution in [0.15, 0.2) is 62.9 Å². The summed E-state index contributed by atoms with van der Waals surface area (Å²) in [6.45, 7) is 0. The molecule has 2 aromatic carbocycles. The number of aliphatic imine (C=N–C) groups is 1. The van der Waals surface area contributed by atoms with Gasteiger partial charge >= 0.3 is 5.97 Å². The van der Waals surface area contributed by atoms with Gasteiger partial charge in [-0.15, -0.1) is 0 Å². The molecular weight excluding hydrogens is 392 g/mol. The van der Waals surface area contributed by atoms with Crippen molar-refractivity contribution < 1.29 is 14.3 Å². The summed E-state index contributed by atoms with van der Waals surface area (Å²) in [4.78, 5) is 27.7. The molecule has 120 valence electrons. The Hall–Kier alpha value is -2.38. The van der Waals surface area contributed by atoms with Gasteiger partial charge in [0.1, 0.15) is 5.75 Å². The second kappa shape index (κ2) is 7.02. The molecule has 0 bridgehead atoms. The Morgan fingerprint density at radius 3 is 2.58 bits per heavy atom. The minimum Gasteiger partial charge on any atom is -0.423 e. The average Bonchev–Trinajstić information content (AvgIpc) is 2.87. The van der Waals surface area contributed by atoms with Crippen molar-refractivity contribution in [2.24, 2.45) is 10.7 Å². The van der Waals surface area contributed by atoms with Crippen LogP contribution in [0, 0.1) is 0 Å². The Balaban J connectivity index is 1.70. The van der Waals surface area contributed by atoms with Crippen LogP contribution in [-0.4, -0.2) is 17.0 Å². The number of carbonyl (C=O) groups excluding carboxylic acids is 2. The van der Waals surface area contributed by atoms with Gasteiger partial charge in [0.2, 0.25) is 0 Å². The molecule has 1 aliphatic rings. The molecule has 0 unspecified atom stereocenters. The fourth-order valence-corrected chi connectivity index (χ4v) is 3.07. The number of rotatable bonds is 3. The minimum absolute atomic E-state index is 0.242. The van der Waals surface area contributed by atoms with E-state index in [-0.39, 0.29) is 11.1 Å². The topological polar surface area (TPSA) is 81.8 Å². The Kier molecular flexibility index (Phi) is 4.82. The van der Waals surface area contributed by atoms with Gasteiger partial charge in [0.15, 0.2) is 5.17 Å². The van der Waals surface area contributed by atoms with Gasteiger partial charge in [-0.1, -0.05) is 34.1 Å². The first-order valence-electron chi connectivity index (χ1n) is 6.87. The molecule has 0 saturated heterocycles. The lowest BCUT2D eigenvalue weighted by Gasteiger charge is -2.05. The van der Waals surface area contributed by atoms with Crippen molar-refractivity contribution in [2.75, 3.05) is 0 Å². The van der Waals surface area contributed by atoms with E-state index in [1.807, 2.05) is 6.07 Å². The molecule has 3 rings (SSSR count). The van der Waals surface area contributed by atoms with Crippen LogP contribution < -0.4 is 10.5 Å². The highest BCUT2D eigenvalue weighted by molar-refractivity contribution is 9.10.